The van der Waals surface area contributed by atoms with Crippen molar-refractivity contribution in [3.8, 4) is 29.5 Å². The van der Waals surface area contributed by atoms with Crippen molar-refractivity contribution < 1.29 is 9.53 Å². The molecule has 0 saturated carbocycles. The number of terminal acetylenes is 1. The molecule has 0 spiro atoms. The molecule has 0 atom stereocenters. The van der Waals surface area contributed by atoms with Crippen molar-refractivity contribution in [3.05, 3.63) is 29.0 Å². The summed E-state index contributed by atoms with van der Waals surface area (Å²) in [5.41, 5.74) is 0.193. The number of carbonyl (C=O) groups is 1. The lowest BCUT2D eigenvalue weighted by molar-refractivity contribution is -0.123. The molecule has 2 aromatic rings. The van der Waals surface area contributed by atoms with Gasteiger partial charge in [-0.05, 0) is 49.3 Å². The van der Waals surface area contributed by atoms with Crippen LogP contribution < -0.4 is 10.1 Å². The van der Waals surface area contributed by atoms with Crippen molar-refractivity contribution in [1.82, 2.24) is 20.1 Å². The van der Waals surface area contributed by atoms with Crippen molar-refractivity contribution >= 4 is 18.1 Å². The minimum absolute atomic E-state index is 0.0418. The molecule has 1 aromatic carbocycles. The number of hydrogen-bond donors (Lipinski definition) is 2. The highest BCUT2D eigenvalue weighted by atomic mass is 32.1. The Morgan fingerprint density at radius 3 is 2.56 bits per heavy atom. The Morgan fingerprint density at radius 1 is 1.40 bits per heavy atom. The number of ether oxygens (including phenoxy) is 1. The normalized spacial score (nSPS) is 11.0. The molecule has 0 aliphatic rings. The standard InChI is InChI=1S/C18H22N4O2S/c1-5-18(6-2,7-3)19-15(23)12-22-16(20-21-17(22)25)13-8-10-14(24-4)11-9-13/h1,8-11H,6-7,12H2,2-4H3,(H,19,23)(H,21,25). The van der Waals surface area contributed by atoms with Gasteiger partial charge in [0.05, 0.1) is 7.11 Å². The lowest BCUT2D eigenvalue weighted by Gasteiger charge is -2.27. The maximum Gasteiger partial charge on any atom is 0.241 e. The van der Waals surface area contributed by atoms with Gasteiger partial charge in [-0.2, -0.15) is 5.10 Å². The number of rotatable bonds is 7. The molecule has 0 aliphatic heterocycles. The van der Waals surface area contributed by atoms with Crippen LogP contribution in [-0.4, -0.2) is 33.3 Å². The number of hydrogen-bond acceptors (Lipinski definition) is 4. The molecule has 1 heterocycles. The van der Waals surface area contributed by atoms with E-state index in [1.807, 2.05) is 38.1 Å². The van der Waals surface area contributed by atoms with E-state index in [-0.39, 0.29) is 12.5 Å². The fraction of sp³-hybridized carbons (Fsp3) is 0.389. The molecule has 1 amide bonds. The first-order chi connectivity index (χ1) is 12.0. The molecule has 0 saturated heterocycles. The van der Waals surface area contributed by atoms with E-state index in [0.29, 0.717) is 23.4 Å². The second kappa shape index (κ2) is 7.99. The smallest absolute Gasteiger partial charge is 0.241 e. The summed E-state index contributed by atoms with van der Waals surface area (Å²) in [7, 11) is 1.61. The predicted octanol–water partition coefficient (Wildman–Crippen LogP) is 2.92. The van der Waals surface area contributed by atoms with Crippen LogP contribution in [0.2, 0.25) is 0 Å². The summed E-state index contributed by atoms with van der Waals surface area (Å²) in [5.74, 6) is 3.82. The van der Waals surface area contributed by atoms with Crippen LogP contribution in [0.5, 0.6) is 5.75 Å². The summed E-state index contributed by atoms with van der Waals surface area (Å²) in [6.45, 7) is 3.95. The average Bonchev–Trinajstić information content (AvgIpc) is 3.00. The first kappa shape index (κ1) is 18.7. The van der Waals surface area contributed by atoms with Crippen LogP contribution in [-0.2, 0) is 11.3 Å². The van der Waals surface area contributed by atoms with Gasteiger partial charge in [0.25, 0.3) is 0 Å². The van der Waals surface area contributed by atoms with Crippen LogP contribution in [0.4, 0.5) is 0 Å². The third kappa shape index (κ3) is 4.09. The highest BCUT2D eigenvalue weighted by Crippen LogP contribution is 2.21. The van der Waals surface area contributed by atoms with Gasteiger partial charge in [0.1, 0.15) is 17.8 Å². The number of amides is 1. The molecule has 2 rings (SSSR count). The third-order valence-corrected chi connectivity index (χ3v) is 4.58. The lowest BCUT2D eigenvalue weighted by atomic mass is 9.94. The SMILES string of the molecule is C#CC(CC)(CC)NC(=O)Cn1c(-c2ccc(OC)cc2)n[nH]c1=S. The van der Waals surface area contributed by atoms with Crippen LogP contribution in [0, 0.1) is 17.1 Å². The maximum atomic E-state index is 12.5. The molecule has 7 heteroatoms. The molecule has 132 valence electrons. The van der Waals surface area contributed by atoms with Crippen LogP contribution in [0.15, 0.2) is 24.3 Å². The Hall–Kier alpha value is -2.59. The second-order valence-electron chi connectivity index (χ2n) is 5.65. The summed E-state index contributed by atoms with van der Waals surface area (Å²) in [6.07, 6.45) is 6.93. The fourth-order valence-corrected chi connectivity index (χ4v) is 2.74. The number of methoxy groups -OCH3 is 1. The van der Waals surface area contributed by atoms with E-state index in [2.05, 4.69) is 21.4 Å². The number of H-pyrrole nitrogens is 1. The highest BCUT2D eigenvalue weighted by molar-refractivity contribution is 7.71. The van der Waals surface area contributed by atoms with Gasteiger partial charge >= 0.3 is 0 Å². The summed E-state index contributed by atoms with van der Waals surface area (Å²) < 4.78 is 7.19. The van der Waals surface area contributed by atoms with Gasteiger partial charge in [-0.25, -0.2) is 0 Å². The van der Waals surface area contributed by atoms with Crippen LogP contribution in [0.3, 0.4) is 0 Å². The second-order valence-corrected chi connectivity index (χ2v) is 6.04. The quantitative estimate of drug-likeness (QED) is 0.590. The van der Waals surface area contributed by atoms with Gasteiger partial charge in [0.2, 0.25) is 5.91 Å². The number of carbonyl (C=O) groups excluding carboxylic acids is 1. The Balaban J connectivity index is 2.26. The molecule has 25 heavy (non-hydrogen) atoms. The molecule has 0 fully saturated rings. The number of nitrogens with one attached hydrogen (secondary N) is 2. The molecular formula is C18H22N4O2S. The van der Waals surface area contributed by atoms with Gasteiger partial charge in [-0.3, -0.25) is 14.5 Å². The summed E-state index contributed by atoms with van der Waals surface area (Å²) in [5, 5.41) is 9.91. The van der Waals surface area contributed by atoms with Crippen LogP contribution in [0.1, 0.15) is 26.7 Å². The Morgan fingerprint density at radius 2 is 2.04 bits per heavy atom. The van der Waals surface area contributed by atoms with Gasteiger partial charge in [-0.1, -0.05) is 19.8 Å². The predicted molar refractivity (Wildman–Crippen MR) is 99.7 cm³/mol. The highest BCUT2D eigenvalue weighted by Gasteiger charge is 2.25. The van der Waals surface area contributed by atoms with E-state index >= 15 is 0 Å². The number of aromatic amines is 1. The summed E-state index contributed by atoms with van der Waals surface area (Å²) >= 11 is 5.27. The molecule has 6 nitrogen and oxygen atoms in total. The first-order valence-electron chi connectivity index (χ1n) is 8.07. The van der Waals surface area contributed by atoms with Crippen molar-refractivity contribution in [2.45, 2.75) is 38.8 Å². The zero-order valence-corrected chi connectivity index (χ0v) is 15.4. The number of benzene rings is 1. The topological polar surface area (TPSA) is 71.9 Å². The van der Waals surface area contributed by atoms with Crippen molar-refractivity contribution in [2.24, 2.45) is 0 Å². The summed E-state index contributed by atoms with van der Waals surface area (Å²) in [6, 6.07) is 7.38. The largest absolute Gasteiger partial charge is 0.497 e. The number of aromatic nitrogens is 3. The molecule has 0 bridgehead atoms. The zero-order valence-electron chi connectivity index (χ0n) is 14.6. The molecular weight excluding hydrogens is 336 g/mol. The number of nitrogens with zero attached hydrogens (tertiary/aromatic N) is 2. The maximum absolute atomic E-state index is 12.5. The van der Waals surface area contributed by atoms with E-state index in [4.69, 9.17) is 23.4 Å². The zero-order chi connectivity index (χ0) is 18.4. The van der Waals surface area contributed by atoms with E-state index in [1.165, 1.54) is 0 Å². The fourth-order valence-electron chi connectivity index (χ4n) is 2.54. The van der Waals surface area contributed by atoms with Crippen molar-refractivity contribution in [3.63, 3.8) is 0 Å². The van der Waals surface area contributed by atoms with E-state index in [9.17, 15) is 4.79 Å². The average molecular weight is 358 g/mol. The van der Waals surface area contributed by atoms with E-state index in [1.54, 1.807) is 11.7 Å². The summed E-state index contributed by atoms with van der Waals surface area (Å²) in [4.78, 5) is 12.5. The van der Waals surface area contributed by atoms with Crippen molar-refractivity contribution in [1.29, 1.82) is 0 Å². The first-order valence-corrected chi connectivity index (χ1v) is 8.47. The van der Waals surface area contributed by atoms with Gasteiger partial charge in [0.15, 0.2) is 10.6 Å². The van der Waals surface area contributed by atoms with Gasteiger partial charge in [0, 0.05) is 5.56 Å². The van der Waals surface area contributed by atoms with E-state index in [0.717, 1.165) is 11.3 Å². The Bertz CT molecular complexity index is 826. The Labute approximate surface area is 152 Å². The minimum Gasteiger partial charge on any atom is -0.497 e. The third-order valence-electron chi connectivity index (χ3n) is 4.27. The van der Waals surface area contributed by atoms with Crippen molar-refractivity contribution in [2.75, 3.05) is 7.11 Å². The molecule has 0 aliphatic carbocycles. The Kier molecular flexibility index (Phi) is 5.99. The monoisotopic (exact) mass is 358 g/mol. The van der Waals surface area contributed by atoms with Gasteiger partial charge < -0.3 is 10.1 Å². The molecule has 0 unspecified atom stereocenters. The molecule has 0 radical (unpaired) electrons. The molecule has 1 aromatic heterocycles. The minimum atomic E-state index is -0.636. The van der Waals surface area contributed by atoms with Crippen LogP contribution >= 0.6 is 12.2 Å². The van der Waals surface area contributed by atoms with Crippen LogP contribution in [0.25, 0.3) is 11.4 Å². The van der Waals surface area contributed by atoms with Gasteiger partial charge in [-0.15, -0.1) is 6.42 Å². The lowest BCUT2D eigenvalue weighted by Crippen LogP contribution is -2.47. The molecule has 2 N–H and O–H groups in total. The van der Waals surface area contributed by atoms with E-state index < -0.39 is 5.54 Å².